The quantitative estimate of drug-likeness (QED) is 0.580. The molecule has 2 aliphatic rings. The highest BCUT2D eigenvalue weighted by atomic mass is 32.2. The Labute approximate surface area is 174 Å². The van der Waals surface area contributed by atoms with Gasteiger partial charge in [0.2, 0.25) is 0 Å². The molecule has 1 aromatic carbocycles. The highest BCUT2D eigenvalue weighted by Gasteiger charge is 2.35. The lowest BCUT2D eigenvalue weighted by atomic mass is 9.95. The first-order chi connectivity index (χ1) is 14.0. The van der Waals surface area contributed by atoms with Crippen LogP contribution in [0.1, 0.15) is 60.7 Å². The smallest absolute Gasteiger partial charge is 0.293 e. The number of carbonyl (C=O) groups excluding carboxylic acids is 2. The standard InChI is InChI=1S/C23H25FN2O2S/c1-15-12-18(16(2)26(15)19-9-4-3-5-10-19)13-21-22(27)25(23(28)29-21)14-17-8-6-7-11-20(17)24/h6-8,11-13,19H,3-5,9-10,14H2,1-2H3/b21-13-. The van der Waals surface area contributed by atoms with Crippen LogP contribution in [-0.4, -0.2) is 20.6 Å². The molecule has 0 N–H and O–H groups in total. The average molecular weight is 413 g/mol. The molecular formula is C23H25FN2O2S. The molecule has 0 atom stereocenters. The zero-order valence-corrected chi connectivity index (χ0v) is 17.6. The molecule has 1 saturated carbocycles. The summed E-state index contributed by atoms with van der Waals surface area (Å²) in [6.07, 6.45) is 8.01. The van der Waals surface area contributed by atoms with Gasteiger partial charge in [-0.2, -0.15) is 0 Å². The van der Waals surface area contributed by atoms with E-state index in [1.54, 1.807) is 18.2 Å². The van der Waals surface area contributed by atoms with E-state index in [4.69, 9.17) is 0 Å². The Morgan fingerprint density at radius 2 is 1.86 bits per heavy atom. The molecule has 29 heavy (non-hydrogen) atoms. The van der Waals surface area contributed by atoms with Gasteiger partial charge in [0.05, 0.1) is 11.4 Å². The van der Waals surface area contributed by atoms with Gasteiger partial charge < -0.3 is 4.57 Å². The summed E-state index contributed by atoms with van der Waals surface area (Å²) < 4.78 is 16.3. The summed E-state index contributed by atoms with van der Waals surface area (Å²) in [5.74, 6) is -0.766. The van der Waals surface area contributed by atoms with E-state index in [9.17, 15) is 14.0 Å². The Morgan fingerprint density at radius 1 is 1.14 bits per heavy atom. The molecule has 6 heteroatoms. The minimum Gasteiger partial charge on any atom is -0.346 e. The number of hydrogen-bond acceptors (Lipinski definition) is 3. The van der Waals surface area contributed by atoms with Gasteiger partial charge in [-0.05, 0) is 62.2 Å². The number of aromatic nitrogens is 1. The fourth-order valence-corrected chi connectivity index (χ4v) is 5.25. The Balaban J connectivity index is 1.58. The summed E-state index contributed by atoms with van der Waals surface area (Å²) in [6.45, 7) is 4.13. The fraction of sp³-hybridized carbons (Fsp3) is 0.391. The molecule has 152 valence electrons. The second-order valence-corrected chi connectivity index (χ2v) is 8.84. The van der Waals surface area contributed by atoms with Crippen molar-refractivity contribution in [3.63, 3.8) is 0 Å². The van der Waals surface area contributed by atoms with Crippen LogP contribution in [0.4, 0.5) is 9.18 Å². The SMILES string of the molecule is Cc1cc(/C=C2\SC(=O)N(Cc3ccccc3F)C2=O)c(C)n1C1CCCCC1. The van der Waals surface area contributed by atoms with Crippen molar-refractivity contribution >= 4 is 29.0 Å². The largest absolute Gasteiger partial charge is 0.346 e. The Bertz CT molecular complexity index is 989. The van der Waals surface area contributed by atoms with Crippen molar-refractivity contribution in [2.24, 2.45) is 0 Å². The highest BCUT2D eigenvalue weighted by Crippen LogP contribution is 2.36. The summed E-state index contributed by atoms with van der Waals surface area (Å²) in [4.78, 5) is 26.8. The summed E-state index contributed by atoms with van der Waals surface area (Å²) in [6, 6.07) is 8.84. The first-order valence-electron chi connectivity index (χ1n) is 10.1. The molecule has 1 aromatic heterocycles. The van der Waals surface area contributed by atoms with Crippen LogP contribution < -0.4 is 0 Å². The van der Waals surface area contributed by atoms with Gasteiger partial charge in [0.1, 0.15) is 5.82 Å². The first-order valence-corrected chi connectivity index (χ1v) is 10.9. The molecular weight excluding hydrogens is 387 g/mol. The first kappa shape index (κ1) is 20.0. The van der Waals surface area contributed by atoms with Crippen LogP contribution >= 0.6 is 11.8 Å². The third kappa shape index (κ3) is 3.90. The summed E-state index contributed by atoms with van der Waals surface area (Å²) >= 11 is 0.928. The number of amides is 2. The van der Waals surface area contributed by atoms with E-state index in [1.807, 2.05) is 6.08 Å². The van der Waals surface area contributed by atoms with Crippen molar-refractivity contribution in [2.75, 3.05) is 0 Å². The number of carbonyl (C=O) groups is 2. The Hall–Kier alpha value is -2.34. The van der Waals surface area contributed by atoms with Crippen molar-refractivity contribution in [1.29, 1.82) is 0 Å². The maximum absolute atomic E-state index is 13.9. The van der Waals surface area contributed by atoms with Gasteiger partial charge in [0.25, 0.3) is 11.1 Å². The molecule has 0 bridgehead atoms. The van der Waals surface area contributed by atoms with E-state index < -0.39 is 5.82 Å². The predicted molar refractivity (Wildman–Crippen MR) is 114 cm³/mol. The summed E-state index contributed by atoms with van der Waals surface area (Å²) in [7, 11) is 0. The molecule has 1 aliphatic carbocycles. The number of thioether (sulfide) groups is 1. The van der Waals surface area contributed by atoms with Crippen molar-refractivity contribution < 1.29 is 14.0 Å². The normalized spacial score (nSPS) is 19.6. The van der Waals surface area contributed by atoms with E-state index in [0.717, 1.165) is 27.9 Å². The summed E-state index contributed by atoms with van der Waals surface area (Å²) in [5.41, 5.74) is 3.64. The average Bonchev–Trinajstić information content (AvgIpc) is 3.13. The monoisotopic (exact) mass is 412 g/mol. The lowest BCUT2D eigenvalue weighted by Crippen LogP contribution is -2.27. The van der Waals surface area contributed by atoms with Gasteiger partial charge >= 0.3 is 0 Å². The van der Waals surface area contributed by atoms with Crippen molar-refractivity contribution in [1.82, 2.24) is 9.47 Å². The molecule has 2 aromatic rings. The van der Waals surface area contributed by atoms with Gasteiger partial charge in [-0.15, -0.1) is 0 Å². The van der Waals surface area contributed by atoms with E-state index in [1.165, 1.54) is 43.9 Å². The minimum atomic E-state index is -0.411. The number of benzene rings is 1. The number of aryl methyl sites for hydroxylation is 1. The van der Waals surface area contributed by atoms with Crippen molar-refractivity contribution in [2.45, 2.75) is 58.5 Å². The van der Waals surface area contributed by atoms with Gasteiger partial charge in [-0.1, -0.05) is 37.5 Å². The van der Waals surface area contributed by atoms with Crippen molar-refractivity contribution in [3.8, 4) is 0 Å². The molecule has 2 heterocycles. The molecule has 1 saturated heterocycles. The Morgan fingerprint density at radius 3 is 2.59 bits per heavy atom. The van der Waals surface area contributed by atoms with Gasteiger partial charge in [-0.25, -0.2) is 4.39 Å². The number of nitrogens with zero attached hydrogens (tertiary/aromatic N) is 2. The molecule has 4 rings (SSSR count). The lowest BCUT2D eigenvalue weighted by Gasteiger charge is -2.26. The van der Waals surface area contributed by atoms with Gasteiger partial charge in [0, 0.05) is 23.0 Å². The van der Waals surface area contributed by atoms with Gasteiger partial charge in [0.15, 0.2) is 0 Å². The van der Waals surface area contributed by atoms with Gasteiger partial charge in [-0.3, -0.25) is 14.5 Å². The number of imide groups is 1. The van der Waals surface area contributed by atoms with Crippen LogP contribution in [0, 0.1) is 19.7 Å². The number of halogens is 1. The molecule has 1 aliphatic heterocycles. The molecule has 2 amide bonds. The lowest BCUT2D eigenvalue weighted by molar-refractivity contribution is -0.123. The minimum absolute atomic E-state index is 0.0459. The predicted octanol–water partition coefficient (Wildman–Crippen LogP) is 5.99. The van der Waals surface area contributed by atoms with Crippen LogP contribution in [0.15, 0.2) is 35.2 Å². The maximum atomic E-state index is 13.9. The molecule has 0 spiro atoms. The maximum Gasteiger partial charge on any atom is 0.293 e. The third-order valence-corrected chi connectivity index (χ3v) is 6.82. The number of rotatable bonds is 4. The van der Waals surface area contributed by atoms with E-state index >= 15 is 0 Å². The van der Waals surface area contributed by atoms with Crippen LogP contribution in [0.3, 0.4) is 0 Å². The van der Waals surface area contributed by atoms with Crippen LogP contribution in [0.2, 0.25) is 0 Å². The summed E-state index contributed by atoms with van der Waals surface area (Å²) in [5, 5.41) is -0.356. The third-order valence-electron chi connectivity index (χ3n) is 5.91. The van der Waals surface area contributed by atoms with E-state index in [-0.39, 0.29) is 17.7 Å². The van der Waals surface area contributed by atoms with Crippen LogP contribution in [0.25, 0.3) is 6.08 Å². The Kier molecular flexibility index (Phi) is 5.63. The molecule has 0 unspecified atom stereocenters. The second kappa shape index (κ2) is 8.19. The topological polar surface area (TPSA) is 42.3 Å². The number of hydrogen-bond donors (Lipinski definition) is 0. The molecule has 2 fully saturated rings. The van der Waals surface area contributed by atoms with Crippen molar-refractivity contribution in [3.05, 3.63) is 63.6 Å². The zero-order valence-electron chi connectivity index (χ0n) is 16.8. The zero-order chi connectivity index (χ0) is 20.5. The molecule has 0 radical (unpaired) electrons. The molecule has 4 nitrogen and oxygen atoms in total. The second-order valence-electron chi connectivity index (χ2n) is 7.85. The van der Waals surface area contributed by atoms with Crippen LogP contribution in [-0.2, 0) is 11.3 Å². The fourth-order valence-electron chi connectivity index (χ4n) is 4.42. The van der Waals surface area contributed by atoms with E-state index in [0.29, 0.717) is 16.5 Å². The van der Waals surface area contributed by atoms with Crippen LogP contribution in [0.5, 0.6) is 0 Å². The highest BCUT2D eigenvalue weighted by molar-refractivity contribution is 8.18. The van der Waals surface area contributed by atoms with E-state index in [2.05, 4.69) is 24.5 Å².